The number of nitrogens with zero attached hydrogens (tertiary/aromatic N) is 3. The van der Waals surface area contributed by atoms with Crippen molar-refractivity contribution in [1.29, 1.82) is 0 Å². The Hall–Kier alpha value is -0.750. The number of nitrogens with one attached hydrogen (secondary N) is 1. The molecular weight excluding hydrogens is 176 g/mol. The summed E-state index contributed by atoms with van der Waals surface area (Å²) in [5.41, 5.74) is 0. The first-order chi connectivity index (χ1) is 5.59. The minimum atomic E-state index is -0.962. The molecular formula is C6H12N4OS. The van der Waals surface area contributed by atoms with Gasteiger partial charge in [0.2, 0.25) is 0 Å². The van der Waals surface area contributed by atoms with E-state index in [1.165, 1.54) is 0 Å². The Labute approximate surface area is 73.8 Å². The highest BCUT2D eigenvalue weighted by Gasteiger charge is 2.06. The summed E-state index contributed by atoms with van der Waals surface area (Å²) >= 11 is 0. The molecule has 1 heterocycles. The van der Waals surface area contributed by atoms with E-state index >= 15 is 0 Å². The Morgan fingerprint density at radius 1 is 1.67 bits per heavy atom. The molecule has 0 aliphatic heterocycles. The SMILES string of the molecule is Cc1nc(CN(C)S(C)=O)n[nH]1. The summed E-state index contributed by atoms with van der Waals surface area (Å²) < 4.78 is 12.6. The van der Waals surface area contributed by atoms with Crippen molar-refractivity contribution in [2.45, 2.75) is 13.5 Å². The highest BCUT2D eigenvalue weighted by atomic mass is 32.2. The van der Waals surface area contributed by atoms with E-state index in [2.05, 4.69) is 15.2 Å². The third-order valence-electron chi connectivity index (χ3n) is 1.45. The van der Waals surface area contributed by atoms with Gasteiger partial charge in [0.05, 0.1) is 17.5 Å². The molecule has 1 aromatic heterocycles. The molecule has 0 saturated carbocycles. The molecule has 0 spiro atoms. The van der Waals surface area contributed by atoms with Crippen LogP contribution < -0.4 is 0 Å². The minimum Gasteiger partial charge on any atom is -0.263 e. The zero-order valence-electron chi connectivity index (χ0n) is 7.37. The second-order valence-electron chi connectivity index (χ2n) is 2.55. The lowest BCUT2D eigenvalue weighted by Crippen LogP contribution is -2.20. The van der Waals surface area contributed by atoms with Gasteiger partial charge < -0.3 is 0 Å². The molecule has 1 atom stereocenters. The van der Waals surface area contributed by atoms with Gasteiger partial charge in [-0.05, 0) is 6.92 Å². The third-order valence-corrected chi connectivity index (χ3v) is 2.45. The summed E-state index contributed by atoms with van der Waals surface area (Å²) in [6.45, 7) is 2.34. The molecule has 5 nitrogen and oxygen atoms in total. The Kier molecular flexibility index (Phi) is 2.93. The van der Waals surface area contributed by atoms with E-state index in [4.69, 9.17) is 0 Å². The van der Waals surface area contributed by atoms with Gasteiger partial charge in [0, 0.05) is 13.3 Å². The van der Waals surface area contributed by atoms with Crippen molar-refractivity contribution in [3.63, 3.8) is 0 Å². The third kappa shape index (κ3) is 2.38. The summed E-state index contributed by atoms with van der Waals surface area (Å²) in [7, 11) is 0.804. The molecule has 0 radical (unpaired) electrons. The van der Waals surface area contributed by atoms with Crippen LogP contribution in [0.2, 0.25) is 0 Å². The Bertz CT molecular complexity index is 285. The van der Waals surface area contributed by atoms with Crippen molar-refractivity contribution in [1.82, 2.24) is 19.5 Å². The first-order valence-corrected chi connectivity index (χ1v) is 5.03. The molecule has 1 aromatic rings. The lowest BCUT2D eigenvalue weighted by molar-refractivity contribution is 0.508. The zero-order valence-corrected chi connectivity index (χ0v) is 8.18. The topological polar surface area (TPSA) is 61.9 Å². The maximum Gasteiger partial charge on any atom is 0.165 e. The number of hydrogen-bond donors (Lipinski definition) is 1. The normalized spacial score (nSPS) is 13.7. The van der Waals surface area contributed by atoms with Crippen molar-refractivity contribution in [2.75, 3.05) is 13.3 Å². The molecule has 0 amide bonds. The van der Waals surface area contributed by atoms with Gasteiger partial charge in [-0.1, -0.05) is 0 Å². The molecule has 1 unspecified atom stereocenters. The first kappa shape index (κ1) is 9.34. The van der Waals surface area contributed by atoms with Gasteiger partial charge in [-0.15, -0.1) is 0 Å². The van der Waals surface area contributed by atoms with Crippen molar-refractivity contribution < 1.29 is 4.21 Å². The molecule has 6 heteroatoms. The van der Waals surface area contributed by atoms with E-state index in [1.807, 2.05) is 6.92 Å². The van der Waals surface area contributed by atoms with Gasteiger partial charge in [0.25, 0.3) is 0 Å². The van der Waals surface area contributed by atoms with Crippen LogP contribution in [0.15, 0.2) is 0 Å². The average molecular weight is 188 g/mol. The van der Waals surface area contributed by atoms with E-state index in [0.717, 1.165) is 5.82 Å². The van der Waals surface area contributed by atoms with Crippen LogP contribution in [0.1, 0.15) is 11.6 Å². The highest BCUT2D eigenvalue weighted by Crippen LogP contribution is 1.97. The quantitative estimate of drug-likeness (QED) is 0.717. The van der Waals surface area contributed by atoms with Crippen molar-refractivity contribution in [2.24, 2.45) is 0 Å². The van der Waals surface area contributed by atoms with Gasteiger partial charge in [-0.25, -0.2) is 13.5 Å². The number of H-pyrrole nitrogens is 1. The fourth-order valence-electron chi connectivity index (χ4n) is 0.750. The van der Waals surface area contributed by atoms with Gasteiger partial charge in [0.15, 0.2) is 5.82 Å². The molecule has 0 aliphatic carbocycles. The van der Waals surface area contributed by atoms with E-state index < -0.39 is 11.0 Å². The predicted octanol–water partition coefficient (Wildman–Crippen LogP) is -0.162. The van der Waals surface area contributed by atoms with Crippen LogP contribution in [0.5, 0.6) is 0 Å². The van der Waals surface area contributed by atoms with Crippen LogP contribution in [0.4, 0.5) is 0 Å². The lowest BCUT2D eigenvalue weighted by Gasteiger charge is -2.08. The summed E-state index contributed by atoms with van der Waals surface area (Å²) in [5, 5.41) is 6.65. The zero-order chi connectivity index (χ0) is 9.14. The van der Waals surface area contributed by atoms with E-state index in [-0.39, 0.29) is 0 Å². The molecule has 0 bridgehead atoms. The monoisotopic (exact) mass is 188 g/mol. The maximum absolute atomic E-state index is 10.9. The number of aromatic amines is 1. The number of rotatable bonds is 3. The number of hydrogen-bond acceptors (Lipinski definition) is 3. The molecule has 1 N–H and O–H groups in total. The summed E-state index contributed by atoms with van der Waals surface area (Å²) in [4.78, 5) is 4.09. The van der Waals surface area contributed by atoms with Crippen LogP contribution in [0.3, 0.4) is 0 Å². The van der Waals surface area contributed by atoms with Crippen molar-refractivity contribution >= 4 is 11.0 Å². The second kappa shape index (κ2) is 3.77. The molecule has 12 heavy (non-hydrogen) atoms. The fraction of sp³-hybridized carbons (Fsp3) is 0.667. The van der Waals surface area contributed by atoms with Crippen LogP contribution in [0.25, 0.3) is 0 Å². The molecule has 68 valence electrons. The van der Waals surface area contributed by atoms with Crippen LogP contribution in [-0.2, 0) is 17.5 Å². The summed E-state index contributed by atoms with van der Waals surface area (Å²) in [6.07, 6.45) is 1.62. The van der Waals surface area contributed by atoms with Gasteiger partial charge in [0.1, 0.15) is 5.82 Å². The molecule has 0 fully saturated rings. The standard InChI is InChI=1S/C6H12N4OS/c1-5-7-6(9-8-5)4-10(2)12(3)11/h4H2,1-3H3,(H,7,8,9). The van der Waals surface area contributed by atoms with E-state index in [9.17, 15) is 4.21 Å². The summed E-state index contributed by atoms with van der Waals surface area (Å²) in [5.74, 6) is 1.45. The number of aromatic nitrogens is 3. The van der Waals surface area contributed by atoms with E-state index in [0.29, 0.717) is 12.4 Å². The largest absolute Gasteiger partial charge is 0.263 e. The molecule has 1 rings (SSSR count). The first-order valence-electron chi connectivity index (χ1n) is 3.52. The fourth-order valence-corrected chi connectivity index (χ4v) is 1.05. The summed E-state index contributed by atoms with van der Waals surface area (Å²) in [6, 6.07) is 0. The lowest BCUT2D eigenvalue weighted by atomic mass is 10.6. The Morgan fingerprint density at radius 2 is 2.33 bits per heavy atom. The second-order valence-corrected chi connectivity index (χ2v) is 4.02. The molecule has 0 aliphatic rings. The van der Waals surface area contributed by atoms with Crippen molar-refractivity contribution in [3.8, 4) is 0 Å². The Balaban J connectivity index is 2.58. The average Bonchev–Trinajstić information content (AvgIpc) is 2.35. The smallest absolute Gasteiger partial charge is 0.165 e. The van der Waals surface area contributed by atoms with Gasteiger partial charge in [-0.2, -0.15) is 5.10 Å². The van der Waals surface area contributed by atoms with Crippen LogP contribution in [-0.4, -0.2) is 37.0 Å². The van der Waals surface area contributed by atoms with E-state index in [1.54, 1.807) is 17.6 Å². The predicted molar refractivity (Wildman–Crippen MR) is 46.7 cm³/mol. The number of aryl methyl sites for hydroxylation is 1. The van der Waals surface area contributed by atoms with Gasteiger partial charge >= 0.3 is 0 Å². The maximum atomic E-state index is 10.9. The van der Waals surface area contributed by atoms with Crippen molar-refractivity contribution in [3.05, 3.63) is 11.6 Å². The molecule has 0 aromatic carbocycles. The van der Waals surface area contributed by atoms with Crippen LogP contribution in [0, 0.1) is 6.92 Å². The minimum absolute atomic E-state index is 0.507. The highest BCUT2D eigenvalue weighted by molar-refractivity contribution is 7.81. The Morgan fingerprint density at radius 3 is 2.75 bits per heavy atom. The van der Waals surface area contributed by atoms with Crippen LogP contribution >= 0.6 is 0 Å². The van der Waals surface area contributed by atoms with Gasteiger partial charge in [-0.3, -0.25) is 5.10 Å². The molecule has 0 saturated heterocycles.